The number of fused-ring (bicyclic) bond motifs is 1. The third-order valence-electron chi connectivity index (χ3n) is 6.23. The van der Waals surface area contributed by atoms with Crippen LogP contribution >= 0.6 is 0 Å². The van der Waals surface area contributed by atoms with Crippen molar-refractivity contribution in [3.05, 3.63) is 82.7 Å². The van der Waals surface area contributed by atoms with Crippen molar-refractivity contribution in [1.29, 1.82) is 0 Å². The van der Waals surface area contributed by atoms with Crippen LogP contribution in [-0.2, 0) is 11.3 Å². The second-order valence-corrected chi connectivity index (χ2v) is 8.31. The normalized spacial score (nSPS) is 13.4. The number of ether oxygens (including phenoxy) is 4. The van der Waals surface area contributed by atoms with E-state index in [1.165, 1.54) is 0 Å². The Labute approximate surface area is 211 Å². The molecule has 0 saturated heterocycles. The summed E-state index contributed by atoms with van der Waals surface area (Å²) in [4.78, 5) is 17.2. The molecule has 1 amide bonds. The number of benzene rings is 2. The monoisotopic (exact) mass is 486 g/mol. The molecular formula is C29H30N2O5. The highest BCUT2D eigenvalue weighted by Crippen LogP contribution is 2.46. The number of aromatic nitrogens is 1. The van der Waals surface area contributed by atoms with E-state index in [-0.39, 0.29) is 12.3 Å². The van der Waals surface area contributed by atoms with Crippen LogP contribution in [0.5, 0.6) is 23.0 Å². The molecule has 0 atom stereocenters. The van der Waals surface area contributed by atoms with Crippen molar-refractivity contribution in [3.8, 4) is 23.0 Å². The summed E-state index contributed by atoms with van der Waals surface area (Å²) in [7, 11) is 6.41. The summed E-state index contributed by atoms with van der Waals surface area (Å²) in [6.45, 7) is 2.42. The summed E-state index contributed by atoms with van der Waals surface area (Å²) in [6.07, 6.45) is 4.03. The third-order valence-corrected chi connectivity index (χ3v) is 6.23. The molecule has 7 nitrogen and oxygen atoms in total. The first kappa shape index (κ1) is 24.9. The molecule has 36 heavy (non-hydrogen) atoms. The zero-order valence-corrected chi connectivity index (χ0v) is 21.2. The predicted molar refractivity (Wildman–Crippen MR) is 140 cm³/mol. The Morgan fingerprint density at radius 3 is 2.28 bits per heavy atom. The Bertz CT molecular complexity index is 1300. The molecule has 3 aromatic rings. The minimum atomic E-state index is -0.0715. The first-order chi connectivity index (χ1) is 17.5. The second kappa shape index (κ2) is 11.0. The molecule has 1 N–H and O–H groups in total. The summed E-state index contributed by atoms with van der Waals surface area (Å²) < 4.78 is 22.0. The van der Waals surface area contributed by atoms with E-state index < -0.39 is 0 Å². The highest BCUT2D eigenvalue weighted by Gasteiger charge is 2.26. The van der Waals surface area contributed by atoms with Crippen molar-refractivity contribution >= 4 is 23.1 Å². The predicted octanol–water partition coefficient (Wildman–Crippen LogP) is 5.15. The molecule has 2 aromatic carbocycles. The fraction of sp³-hybridized carbons (Fsp3) is 0.241. The van der Waals surface area contributed by atoms with Gasteiger partial charge in [0.25, 0.3) is 0 Å². The van der Waals surface area contributed by atoms with Crippen LogP contribution in [0.2, 0.25) is 0 Å². The minimum Gasteiger partial charge on any atom is -0.497 e. The number of carbonyl (C=O) groups excluding carboxylic acids is 1. The number of pyridine rings is 1. The average Bonchev–Trinajstić information content (AvgIpc) is 3.16. The Morgan fingerprint density at radius 1 is 0.917 bits per heavy atom. The van der Waals surface area contributed by atoms with Crippen LogP contribution in [0.25, 0.3) is 17.2 Å². The van der Waals surface area contributed by atoms with Crippen LogP contribution in [0.4, 0.5) is 0 Å². The number of allylic oxidation sites excluding steroid dienone is 2. The van der Waals surface area contributed by atoms with Gasteiger partial charge in [0.1, 0.15) is 5.75 Å². The van der Waals surface area contributed by atoms with Crippen molar-refractivity contribution in [2.24, 2.45) is 0 Å². The molecule has 1 aromatic heterocycles. The van der Waals surface area contributed by atoms with Crippen LogP contribution in [0, 0.1) is 0 Å². The van der Waals surface area contributed by atoms with Gasteiger partial charge >= 0.3 is 0 Å². The van der Waals surface area contributed by atoms with E-state index in [2.05, 4.69) is 16.4 Å². The smallest absolute Gasteiger partial charge is 0.224 e. The lowest BCUT2D eigenvalue weighted by atomic mass is 10.00. The van der Waals surface area contributed by atoms with Crippen molar-refractivity contribution in [1.82, 2.24) is 10.3 Å². The van der Waals surface area contributed by atoms with Gasteiger partial charge in [0.05, 0.1) is 47.1 Å². The lowest BCUT2D eigenvalue weighted by Gasteiger charge is -2.13. The number of nitrogens with zero attached hydrogens (tertiary/aromatic N) is 1. The van der Waals surface area contributed by atoms with E-state index in [1.807, 2.05) is 55.5 Å². The largest absolute Gasteiger partial charge is 0.497 e. The molecule has 0 spiro atoms. The Morgan fingerprint density at radius 2 is 1.67 bits per heavy atom. The number of nitrogens with one attached hydrogen (secondary N) is 1. The van der Waals surface area contributed by atoms with Crippen LogP contribution < -0.4 is 24.3 Å². The van der Waals surface area contributed by atoms with E-state index in [0.717, 1.165) is 44.9 Å². The van der Waals surface area contributed by atoms with Crippen molar-refractivity contribution in [3.63, 3.8) is 0 Å². The van der Waals surface area contributed by atoms with Gasteiger partial charge in [0, 0.05) is 6.20 Å². The van der Waals surface area contributed by atoms with Crippen LogP contribution in [0.3, 0.4) is 0 Å². The summed E-state index contributed by atoms with van der Waals surface area (Å²) in [5.74, 6) is 2.36. The summed E-state index contributed by atoms with van der Waals surface area (Å²) >= 11 is 0. The molecule has 0 fully saturated rings. The fourth-order valence-corrected chi connectivity index (χ4v) is 4.38. The van der Waals surface area contributed by atoms with Gasteiger partial charge in [-0.1, -0.05) is 12.1 Å². The summed E-state index contributed by atoms with van der Waals surface area (Å²) in [5, 5.41) is 2.98. The second-order valence-electron chi connectivity index (χ2n) is 8.31. The number of methoxy groups -OCH3 is 4. The molecule has 186 valence electrons. The molecule has 0 saturated carbocycles. The van der Waals surface area contributed by atoms with Gasteiger partial charge in [0.2, 0.25) is 11.7 Å². The number of amides is 1. The van der Waals surface area contributed by atoms with Gasteiger partial charge in [-0.2, -0.15) is 0 Å². The van der Waals surface area contributed by atoms with Crippen molar-refractivity contribution < 1.29 is 23.7 Å². The Kier molecular flexibility index (Phi) is 7.59. The zero-order valence-electron chi connectivity index (χ0n) is 21.2. The molecular weight excluding hydrogens is 456 g/mol. The van der Waals surface area contributed by atoms with Gasteiger partial charge in [-0.25, -0.2) is 0 Å². The molecule has 0 radical (unpaired) electrons. The van der Waals surface area contributed by atoms with E-state index in [9.17, 15) is 4.79 Å². The van der Waals surface area contributed by atoms with Crippen molar-refractivity contribution in [2.75, 3.05) is 28.4 Å². The standard InChI is InChI=1S/C29H30N2O5/c1-18-23(12-19-13-26(34-3)29(36-5)27(14-19)35-4)22-10-9-21(33-2)15-25(22)24(18)16-28(32)31-17-20-8-6-7-11-30-20/h6-15H,16-17H2,1-5H3,(H,31,32)/b23-12-. The summed E-state index contributed by atoms with van der Waals surface area (Å²) in [6, 6.07) is 15.4. The molecule has 0 bridgehead atoms. The first-order valence-electron chi connectivity index (χ1n) is 11.6. The molecule has 4 rings (SSSR count). The van der Waals surface area contributed by atoms with Gasteiger partial charge in [-0.05, 0) is 82.8 Å². The molecule has 7 heteroatoms. The van der Waals surface area contributed by atoms with E-state index in [0.29, 0.717) is 23.8 Å². The fourth-order valence-electron chi connectivity index (χ4n) is 4.38. The Hall–Kier alpha value is -4.26. The van der Waals surface area contributed by atoms with E-state index in [4.69, 9.17) is 18.9 Å². The van der Waals surface area contributed by atoms with Crippen molar-refractivity contribution in [2.45, 2.75) is 19.9 Å². The molecule has 1 aliphatic rings. The van der Waals surface area contributed by atoms with Crippen LogP contribution in [0.1, 0.15) is 35.7 Å². The van der Waals surface area contributed by atoms with E-state index >= 15 is 0 Å². The molecule has 0 unspecified atom stereocenters. The SMILES string of the molecule is COc1ccc2c(c1)C(CC(=O)NCc1ccccn1)=C(C)/C2=C/c1cc(OC)c(OC)c(OC)c1. The maximum absolute atomic E-state index is 12.9. The maximum atomic E-state index is 12.9. The number of hydrogen-bond acceptors (Lipinski definition) is 6. The average molecular weight is 487 g/mol. The highest BCUT2D eigenvalue weighted by atomic mass is 16.5. The zero-order chi connectivity index (χ0) is 25.7. The summed E-state index contributed by atoms with van der Waals surface area (Å²) in [5.41, 5.74) is 6.73. The van der Waals surface area contributed by atoms with Gasteiger partial charge in [-0.15, -0.1) is 0 Å². The highest BCUT2D eigenvalue weighted by molar-refractivity contribution is 6.08. The lowest BCUT2D eigenvalue weighted by molar-refractivity contribution is -0.120. The van der Waals surface area contributed by atoms with Gasteiger partial charge in [-0.3, -0.25) is 9.78 Å². The van der Waals surface area contributed by atoms with Gasteiger partial charge < -0.3 is 24.3 Å². The van der Waals surface area contributed by atoms with Crippen LogP contribution in [-0.4, -0.2) is 39.3 Å². The van der Waals surface area contributed by atoms with E-state index in [1.54, 1.807) is 34.6 Å². The van der Waals surface area contributed by atoms with Gasteiger partial charge in [0.15, 0.2) is 11.5 Å². The van der Waals surface area contributed by atoms with Crippen LogP contribution in [0.15, 0.2) is 60.3 Å². The Balaban J connectivity index is 1.71. The first-order valence-corrected chi connectivity index (χ1v) is 11.6. The number of carbonyl (C=O) groups is 1. The molecule has 1 aliphatic carbocycles. The molecule has 1 heterocycles. The third kappa shape index (κ3) is 5.05. The number of rotatable bonds is 9. The lowest BCUT2D eigenvalue weighted by Crippen LogP contribution is -2.23. The quantitative estimate of drug-likeness (QED) is 0.451. The maximum Gasteiger partial charge on any atom is 0.224 e. The minimum absolute atomic E-state index is 0.0715. The number of hydrogen-bond donors (Lipinski definition) is 1. The topological polar surface area (TPSA) is 78.9 Å². The molecule has 0 aliphatic heterocycles.